The first kappa shape index (κ1) is 23.0. The number of hydrogen-bond acceptors (Lipinski definition) is 8. The van der Waals surface area contributed by atoms with Gasteiger partial charge in [0, 0.05) is 32.9 Å². The van der Waals surface area contributed by atoms with E-state index in [2.05, 4.69) is 22.4 Å². The summed E-state index contributed by atoms with van der Waals surface area (Å²) in [6.45, 7) is 3.63. The number of unbranched alkanes of at least 4 members (excludes halogenated alkanes) is 1. The third-order valence-electron chi connectivity index (χ3n) is 4.78. The summed E-state index contributed by atoms with van der Waals surface area (Å²) in [5.41, 5.74) is 1.68. The molecule has 0 saturated carbocycles. The lowest BCUT2D eigenvalue weighted by Crippen LogP contribution is -2.36. The van der Waals surface area contributed by atoms with E-state index in [1.165, 1.54) is 41.5 Å². The molecule has 1 aliphatic rings. The van der Waals surface area contributed by atoms with Gasteiger partial charge in [0.25, 0.3) is 0 Å². The Balaban J connectivity index is 1.66. The summed E-state index contributed by atoms with van der Waals surface area (Å²) in [6, 6.07) is 5.01. The Morgan fingerprint density at radius 2 is 2.13 bits per heavy atom. The van der Waals surface area contributed by atoms with Gasteiger partial charge in [0.2, 0.25) is 21.1 Å². The molecular formula is C19H27N5O3S3. The van der Waals surface area contributed by atoms with Crippen molar-refractivity contribution in [1.29, 1.82) is 0 Å². The van der Waals surface area contributed by atoms with Gasteiger partial charge in [-0.1, -0.05) is 36.4 Å². The van der Waals surface area contributed by atoms with Crippen LogP contribution in [0.4, 0.5) is 10.8 Å². The first-order valence-corrected chi connectivity index (χ1v) is 13.1. The van der Waals surface area contributed by atoms with Crippen molar-refractivity contribution >= 4 is 49.8 Å². The normalized spacial score (nSPS) is 14.1. The molecule has 0 radical (unpaired) electrons. The fraction of sp³-hybridized carbons (Fsp3) is 0.526. The number of hydrogen-bond donors (Lipinski definition) is 1. The van der Waals surface area contributed by atoms with Crippen LogP contribution in [-0.4, -0.2) is 61.8 Å². The highest BCUT2D eigenvalue weighted by Crippen LogP contribution is 2.32. The number of nitrogens with zero attached hydrogens (tertiary/aromatic N) is 4. The Hall–Kier alpha value is -1.69. The molecule has 2 aromatic rings. The molecule has 30 heavy (non-hydrogen) atoms. The van der Waals surface area contributed by atoms with E-state index in [-0.39, 0.29) is 16.6 Å². The molecule has 1 amide bonds. The van der Waals surface area contributed by atoms with Gasteiger partial charge in [-0.25, -0.2) is 12.7 Å². The lowest BCUT2D eigenvalue weighted by atomic mass is 10.0. The molecule has 0 atom stereocenters. The van der Waals surface area contributed by atoms with Gasteiger partial charge >= 0.3 is 0 Å². The Bertz CT molecular complexity index is 991. The third-order valence-corrected chi connectivity index (χ3v) is 8.59. The van der Waals surface area contributed by atoms with Gasteiger partial charge in [-0.2, -0.15) is 0 Å². The number of anilines is 2. The smallest absolute Gasteiger partial charge is 0.242 e. The van der Waals surface area contributed by atoms with E-state index in [1.54, 1.807) is 23.1 Å². The molecule has 0 fully saturated rings. The number of sulfonamides is 1. The fourth-order valence-electron chi connectivity index (χ4n) is 3.12. The SMILES string of the molecule is CCCCNc1nnc(SCC(=O)N2CCCc3cc(S(=O)(=O)N(C)C)ccc32)s1. The molecule has 11 heteroatoms. The zero-order chi connectivity index (χ0) is 21.7. The minimum absolute atomic E-state index is 0.0140. The van der Waals surface area contributed by atoms with Crippen LogP contribution >= 0.6 is 23.1 Å². The van der Waals surface area contributed by atoms with E-state index in [4.69, 9.17) is 0 Å². The number of nitrogens with one attached hydrogen (secondary N) is 1. The maximum Gasteiger partial charge on any atom is 0.242 e. The molecule has 1 aliphatic heterocycles. The van der Waals surface area contributed by atoms with Crippen LogP contribution in [0.25, 0.3) is 0 Å². The van der Waals surface area contributed by atoms with Crippen molar-refractivity contribution < 1.29 is 13.2 Å². The monoisotopic (exact) mass is 469 g/mol. The van der Waals surface area contributed by atoms with E-state index < -0.39 is 10.0 Å². The number of benzene rings is 1. The largest absolute Gasteiger partial charge is 0.360 e. The van der Waals surface area contributed by atoms with Crippen molar-refractivity contribution in [3.8, 4) is 0 Å². The highest BCUT2D eigenvalue weighted by molar-refractivity contribution is 8.01. The molecule has 1 N–H and O–H groups in total. The lowest BCUT2D eigenvalue weighted by Gasteiger charge is -2.30. The van der Waals surface area contributed by atoms with Gasteiger partial charge < -0.3 is 10.2 Å². The van der Waals surface area contributed by atoms with Crippen LogP contribution in [0.15, 0.2) is 27.4 Å². The summed E-state index contributed by atoms with van der Waals surface area (Å²) in [4.78, 5) is 14.9. The Kier molecular flexibility index (Phi) is 7.72. The molecule has 0 unspecified atom stereocenters. The maximum atomic E-state index is 12.9. The summed E-state index contributed by atoms with van der Waals surface area (Å²) in [5.74, 6) is 0.251. The maximum absolute atomic E-state index is 12.9. The zero-order valence-corrected chi connectivity index (χ0v) is 19.9. The van der Waals surface area contributed by atoms with Crippen LogP contribution in [0.5, 0.6) is 0 Å². The summed E-state index contributed by atoms with van der Waals surface area (Å²) >= 11 is 2.83. The zero-order valence-electron chi connectivity index (χ0n) is 17.4. The van der Waals surface area contributed by atoms with Gasteiger partial charge in [-0.05, 0) is 43.0 Å². The number of aryl methyl sites for hydroxylation is 1. The molecule has 1 aromatic heterocycles. The predicted molar refractivity (Wildman–Crippen MR) is 122 cm³/mol. The number of carbonyl (C=O) groups is 1. The number of rotatable bonds is 9. The molecule has 164 valence electrons. The van der Waals surface area contributed by atoms with Crippen LogP contribution in [0, 0.1) is 0 Å². The van der Waals surface area contributed by atoms with Crippen molar-refractivity contribution in [2.45, 2.75) is 41.8 Å². The second-order valence-corrected chi connectivity index (χ2v) is 11.5. The molecule has 1 aromatic carbocycles. The number of aromatic nitrogens is 2. The summed E-state index contributed by atoms with van der Waals surface area (Å²) in [6.07, 6.45) is 3.75. The van der Waals surface area contributed by atoms with Gasteiger partial charge in [0.1, 0.15) is 0 Å². The number of fused-ring (bicyclic) bond motifs is 1. The first-order valence-electron chi connectivity index (χ1n) is 9.89. The Labute approximate surface area is 186 Å². The molecule has 0 saturated heterocycles. The molecule has 0 aliphatic carbocycles. The molecule has 3 rings (SSSR count). The van der Waals surface area contributed by atoms with Crippen molar-refractivity contribution in [2.24, 2.45) is 0 Å². The topological polar surface area (TPSA) is 95.5 Å². The Morgan fingerprint density at radius 3 is 2.87 bits per heavy atom. The Morgan fingerprint density at radius 1 is 1.33 bits per heavy atom. The van der Waals surface area contributed by atoms with E-state index in [9.17, 15) is 13.2 Å². The van der Waals surface area contributed by atoms with E-state index in [0.29, 0.717) is 6.54 Å². The predicted octanol–water partition coefficient (Wildman–Crippen LogP) is 3.07. The highest BCUT2D eigenvalue weighted by atomic mass is 32.2. The van der Waals surface area contributed by atoms with Crippen LogP contribution in [0.3, 0.4) is 0 Å². The van der Waals surface area contributed by atoms with Crippen molar-refractivity contribution in [3.05, 3.63) is 23.8 Å². The first-order chi connectivity index (χ1) is 14.3. The van der Waals surface area contributed by atoms with E-state index >= 15 is 0 Å². The van der Waals surface area contributed by atoms with Crippen LogP contribution in [0.2, 0.25) is 0 Å². The van der Waals surface area contributed by atoms with Gasteiger partial charge in [0.15, 0.2) is 4.34 Å². The van der Waals surface area contributed by atoms with Crippen molar-refractivity contribution in [3.63, 3.8) is 0 Å². The fourth-order valence-corrected chi connectivity index (χ4v) is 5.72. The molecule has 0 bridgehead atoms. The summed E-state index contributed by atoms with van der Waals surface area (Å²) < 4.78 is 26.8. The van der Waals surface area contributed by atoms with Crippen LogP contribution in [-0.2, 0) is 21.2 Å². The second-order valence-electron chi connectivity index (χ2n) is 7.17. The van der Waals surface area contributed by atoms with Gasteiger partial charge in [0.05, 0.1) is 10.6 Å². The molecule has 8 nitrogen and oxygen atoms in total. The van der Waals surface area contributed by atoms with Crippen molar-refractivity contribution in [2.75, 3.05) is 43.2 Å². The minimum atomic E-state index is -3.49. The lowest BCUT2D eigenvalue weighted by molar-refractivity contribution is -0.116. The average Bonchev–Trinajstić information content (AvgIpc) is 3.19. The quantitative estimate of drug-likeness (QED) is 0.445. The van der Waals surface area contributed by atoms with Crippen LogP contribution < -0.4 is 10.2 Å². The van der Waals surface area contributed by atoms with Gasteiger partial charge in [-0.3, -0.25) is 4.79 Å². The average molecular weight is 470 g/mol. The number of carbonyl (C=O) groups excluding carboxylic acids is 1. The molecular weight excluding hydrogens is 442 g/mol. The third kappa shape index (κ3) is 5.32. The van der Waals surface area contributed by atoms with E-state index in [0.717, 1.165) is 53.0 Å². The minimum Gasteiger partial charge on any atom is -0.360 e. The highest BCUT2D eigenvalue weighted by Gasteiger charge is 2.26. The number of amides is 1. The number of thioether (sulfide) groups is 1. The summed E-state index contributed by atoms with van der Waals surface area (Å²) in [5, 5.41) is 12.3. The molecule has 2 heterocycles. The van der Waals surface area contributed by atoms with Crippen molar-refractivity contribution in [1.82, 2.24) is 14.5 Å². The van der Waals surface area contributed by atoms with Crippen LogP contribution in [0.1, 0.15) is 31.7 Å². The second kappa shape index (κ2) is 10.1. The summed E-state index contributed by atoms with van der Waals surface area (Å²) in [7, 11) is -0.467. The van der Waals surface area contributed by atoms with E-state index in [1.807, 2.05) is 0 Å². The standard InChI is InChI=1S/C19H27N5O3S3/c1-4-5-10-20-18-21-22-19(29-18)28-13-17(25)24-11-6-7-14-12-15(8-9-16(14)24)30(26,27)23(2)3/h8-9,12H,4-7,10-11,13H2,1-3H3,(H,20,21). The molecule has 0 spiro atoms. The van der Waals surface area contributed by atoms with Gasteiger partial charge in [-0.15, -0.1) is 10.2 Å².